The molecule has 1 aromatic heterocycles. The van der Waals surface area contributed by atoms with E-state index in [1.165, 1.54) is 7.05 Å². The second-order valence-electron chi connectivity index (χ2n) is 1.91. The van der Waals surface area contributed by atoms with Gasteiger partial charge in [0.15, 0.2) is 0 Å². The molecule has 0 bridgehead atoms. The molecule has 0 amide bonds. The van der Waals surface area contributed by atoms with Crippen LogP contribution in [0.2, 0.25) is 0 Å². The van der Waals surface area contributed by atoms with Gasteiger partial charge in [0.25, 0.3) is 5.82 Å². The standard InChI is InChI=1S/C4H5F3N4/c1-11-3(8)9-2(10-11)4(5,6)7/h1H3,(H2,8,9,10). The van der Waals surface area contributed by atoms with Crippen LogP contribution in [0.1, 0.15) is 5.82 Å². The first-order valence-corrected chi connectivity index (χ1v) is 2.65. The molecule has 7 heteroatoms. The van der Waals surface area contributed by atoms with Gasteiger partial charge in [-0.2, -0.15) is 18.2 Å². The Labute approximate surface area is 59.8 Å². The molecule has 0 unspecified atom stereocenters. The van der Waals surface area contributed by atoms with Crippen LogP contribution in [0.4, 0.5) is 19.1 Å². The lowest BCUT2D eigenvalue weighted by atomic mass is 10.6. The molecule has 0 spiro atoms. The van der Waals surface area contributed by atoms with Crippen LogP contribution in [0.5, 0.6) is 0 Å². The molecule has 4 nitrogen and oxygen atoms in total. The lowest BCUT2D eigenvalue weighted by molar-refractivity contribution is -0.144. The Balaban J connectivity index is 3.08. The molecule has 0 saturated carbocycles. The van der Waals surface area contributed by atoms with E-state index in [0.717, 1.165) is 4.68 Å². The molecule has 0 aromatic carbocycles. The zero-order valence-corrected chi connectivity index (χ0v) is 5.55. The number of halogens is 3. The maximum absolute atomic E-state index is 11.8. The quantitative estimate of drug-likeness (QED) is 0.607. The zero-order chi connectivity index (χ0) is 8.65. The van der Waals surface area contributed by atoms with Gasteiger partial charge in [-0.3, -0.25) is 0 Å². The third-order valence-electron chi connectivity index (χ3n) is 1.05. The average Bonchev–Trinajstić information content (AvgIpc) is 2.11. The highest BCUT2D eigenvalue weighted by molar-refractivity contribution is 5.16. The number of aromatic nitrogens is 3. The number of anilines is 1. The average molecular weight is 166 g/mol. The largest absolute Gasteiger partial charge is 0.453 e. The first kappa shape index (κ1) is 7.83. The minimum absolute atomic E-state index is 0.252. The predicted molar refractivity (Wildman–Crippen MR) is 30.4 cm³/mol. The van der Waals surface area contributed by atoms with Crippen molar-refractivity contribution >= 4 is 5.95 Å². The molecule has 0 aliphatic carbocycles. The summed E-state index contributed by atoms with van der Waals surface area (Å²) in [6.45, 7) is 0. The van der Waals surface area contributed by atoms with Crippen LogP contribution in [-0.4, -0.2) is 14.8 Å². The Kier molecular flexibility index (Phi) is 1.50. The number of alkyl halides is 3. The molecule has 0 fully saturated rings. The van der Waals surface area contributed by atoms with Gasteiger partial charge >= 0.3 is 6.18 Å². The van der Waals surface area contributed by atoms with Crippen LogP contribution in [-0.2, 0) is 13.2 Å². The Morgan fingerprint density at radius 2 is 2.00 bits per heavy atom. The summed E-state index contributed by atoms with van der Waals surface area (Å²) in [5, 5.41) is 3.04. The fourth-order valence-corrected chi connectivity index (χ4v) is 0.517. The summed E-state index contributed by atoms with van der Waals surface area (Å²) < 4.78 is 36.2. The highest BCUT2D eigenvalue weighted by atomic mass is 19.4. The minimum atomic E-state index is -4.52. The molecule has 11 heavy (non-hydrogen) atoms. The maximum Gasteiger partial charge on any atom is 0.453 e. The van der Waals surface area contributed by atoms with Crippen LogP contribution in [0.15, 0.2) is 0 Å². The SMILES string of the molecule is Cn1nc(C(F)(F)F)nc1N. The number of aryl methyl sites for hydroxylation is 1. The molecule has 1 aromatic rings. The normalized spacial score (nSPS) is 12.0. The van der Waals surface area contributed by atoms with E-state index in [0.29, 0.717) is 0 Å². The van der Waals surface area contributed by atoms with Gasteiger partial charge < -0.3 is 5.73 Å². The number of nitrogens with two attached hydrogens (primary N) is 1. The first-order valence-electron chi connectivity index (χ1n) is 2.65. The molecule has 0 atom stereocenters. The molecular weight excluding hydrogens is 161 g/mol. The van der Waals surface area contributed by atoms with Gasteiger partial charge in [-0.05, 0) is 0 Å². The molecule has 2 N–H and O–H groups in total. The van der Waals surface area contributed by atoms with Gasteiger partial charge in [0.2, 0.25) is 5.95 Å². The van der Waals surface area contributed by atoms with Gasteiger partial charge in [-0.1, -0.05) is 0 Å². The van der Waals surface area contributed by atoms with E-state index in [1.54, 1.807) is 0 Å². The molecule has 0 aliphatic rings. The highest BCUT2D eigenvalue weighted by Crippen LogP contribution is 2.26. The lowest BCUT2D eigenvalue weighted by Crippen LogP contribution is -2.08. The number of hydrogen-bond acceptors (Lipinski definition) is 3. The summed E-state index contributed by atoms with van der Waals surface area (Å²) in [5.41, 5.74) is 5.03. The lowest BCUT2D eigenvalue weighted by Gasteiger charge is -1.96. The van der Waals surface area contributed by atoms with Crippen molar-refractivity contribution in [3.8, 4) is 0 Å². The van der Waals surface area contributed by atoms with Crippen molar-refractivity contribution < 1.29 is 13.2 Å². The zero-order valence-electron chi connectivity index (χ0n) is 5.55. The van der Waals surface area contributed by atoms with Gasteiger partial charge in [-0.25, -0.2) is 4.68 Å². The summed E-state index contributed by atoms with van der Waals surface area (Å²) in [5.74, 6) is -1.46. The minimum Gasteiger partial charge on any atom is -0.368 e. The van der Waals surface area contributed by atoms with Gasteiger partial charge in [0, 0.05) is 7.05 Å². The number of hydrogen-bond donors (Lipinski definition) is 1. The van der Waals surface area contributed by atoms with Gasteiger partial charge in [0.05, 0.1) is 0 Å². The predicted octanol–water partition coefficient (Wildman–Crippen LogP) is 0.416. The van der Waals surface area contributed by atoms with Crippen molar-refractivity contribution in [3.63, 3.8) is 0 Å². The van der Waals surface area contributed by atoms with Crippen LogP contribution >= 0.6 is 0 Å². The van der Waals surface area contributed by atoms with Gasteiger partial charge in [-0.15, -0.1) is 5.10 Å². The fourth-order valence-electron chi connectivity index (χ4n) is 0.517. The highest BCUT2D eigenvalue weighted by Gasteiger charge is 2.36. The smallest absolute Gasteiger partial charge is 0.368 e. The molecule has 1 rings (SSSR count). The Morgan fingerprint density at radius 1 is 1.45 bits per heavy atom. The van der Waals surface area contributed by atoms with Crippen molar-refractivity contribution in [2.45, 2.75) is 6.18 Å². The summed E-state index contributed by atoms with van der Waals surface area (Å²) in [7, 11) is 1.29. The molecule has 1 heterocycles. The second-order valence-corrected chi connectivity index (χ2v) is 1.91. The summed E-state index contributed by atoms with van der Waals surface area (Å²) >= 11 is 0. The van der Waals surface area contributed by atoms with E-state index in [2.05, 4.69) is 10.1 Å². The van der Waals surface area contributed by atoms with Crippen LogP contribution in [0.3, 0.4) is 0 Å². The van der Waals surface area contributed by atoms with Crippen LogP contribution in [0, 0.1) is 0 Å². The maximum atomic E-state index is 11.8. The summed E-state index contributed by atoms with van der Waals surface area (Å²) in [6.07, 6.45) is -4.52. The molecule has 0 aliphatic heterocycles. The summed E-state index contributed by atoms with van der Waals surface area (Å²) in [6, 6.07) is 0. The summed E-state index contributed by atoms with van der Waals surface area (Å²) in [4.78, 5) is 2.99. The topological polar surface area (TPSA) is 56.7 Å². The third kappa shape index (κ3) is 1.41. The van der Waals surface area contributed by atoms with Crippen molar-refractivity contribution in [1.29, 1.82) is 0 Å². The van der Waals surface area contributed by atoms with Gasteiger partial charge in [0.1, 0.15) is 0 Å². The van der Waals surface area contributed by atoms with Crippen LogP contribution < -0.4 is 5.73 Å². The van der Waals surface area contributed by atoms with E-state index < -0.39 is 12.0 Å². The first-order chi connectivity index (χ1) is 4.91. The van der Waals surface area contributed by atoms with Crippen molar-refractivity contribution in [3.05, 3.63) is 5.82 Å². The van der Waals surface area contributed by atoms with Crippen molar-refractivity contribution in [2.75, 3.05) is 5.73 Å². The molecule has 0 saturated heterocycles. The molecule has 62 valence electrons. The third-order valence-corrected chi connectivity index (χ3v) is 1.05. The Morgan fingerprint density at radius 3 is 2.18 bits per heavy atom. The van der Waals surface area contributed by atoms with Crippen molar-refractivity contribution in [2.24, 2.45) is 7.05 Å². The van der Waals surface area contributed by atoms with E-state index in [1.807, 2.05) is 0 Å². The second kappa shape index (κ2) is 2.11. The monoisotopic (exact) mass is 166 g/mol. The Bertz CT molecular complexity index is 243. The van der Waals surface area contributed by atoms with E-state index in [-0.39, 0.29) is 5.95 Å². The van der Waals surface area contributed by atoms with Crippen LogP contribution in [0.25, 0.3) is 0 Å². The number of rotatable bonds is 0. The van der Waals surface area contributed by atoms with E-state index in [9.17, 15) is 13.2 Å². The van der Waals surface area contributed by atoms with Crippen molar-refractivity contribution in [1.82, 2.24) is 14.8 Å². The number of nitrogen functional groups attached to an aromatic ring is 1. The number of nitrogens with zero attached hydrogens (tertiary/aromatic N) is 3. The van der Waals surface area contributed by atoms with E-state index in [4.69, 9.17) is 5.73 Å². The molecule has 0 radical (unpaired) electrons. The van der Waals surface area contributed by atoms with E-state index >= 15 is 0 Å². The molecular formula is C4H5F3N4. The Hall–Kier alpha value is -1.27. The fraction of sp³-hybridized carbons (Fsp3) is 0.500.